The van der Waals surface area contributed by atoms with Gasteiger partial charge in [0.1, 0.15) is 12.1 Å². The van der Waals surface area contributed by atoms with Crippen molar-refractivity contribution in [2.24, 2.45) is 5.92 Å². The third-order valence-corrected chi connectivity index (χ3v) is 3.81. The molecule has 0 saturated carbocycles. The summed E-state index contributed by atoms with van der Waals surface area (Å²) in [7, 11) is 0. The van der Waals surface area contributed by atoms with Crippen molar-refractivity contribution in [1.29, 1.82) is 0 Å². The number of amides is 2. The van der Waals surface area contributed by atoms with Crippen molar-refractivity contribution in [3.63, 3.8) is 0 Å². The number of carbonyl (C=O) groups excluding carboxylic acids is 2. The van der Waals surface area contributed by atoms with Crippen molar-refractivity contribution in [2.75, 3.05) is 13.2 Å². The Hall–Kier alpha value is -1.10. The highest BCUT2D eigenvalue weighted by atomic mass is 16.5. The van der Waals surface area contributed by atoms with Gasteiger partial charge >= 0.3 is 0 Å². The highest BCUT2D eigenvalue weighted by Crippen LogP contribution is 2.18. The van der Waals surface area contributed by atoms with E-state index in [9.17, 15) is 9.59 Å². The van der Waals surface area contributed by atoms with E-state index < -0.39 is 12.1 Å². The molecule has 19 heavy (non-hydrogen) atoms. The molecule has 0 aliphatic carbocycles. The molecule has 1 fully saturated rings. The molecule has 0 aromatic rings. The van der Waals surface area contributed by atoms with E-state index in [0.29, 0.717) is 13.2 Å². The number of piperazine rings is 1. The van der Waals surface area contributed by atoms with Gasteiger partial charge in [0.25, 0.3) is 0 Å². The lowest BCUT2D eigenvalue weighted by molar-refractivity contribution is -0.152. The Morgan fingerprint density at radius 3 is 2.47 bits per heavy atom. The molecule has 0 spiro atoms. The van der Waals surface area contributed by atoms with Crippen LogP contribution in [0.3, 0.4) is 0 Å². The van der Waals surface area contributed by atoms with Gasteiger partial charge in [0.2, 0.25) is 11.8 Å². The highest BCUT2D eigenvalue weighted by Gasteiger charge is 2.40. The van der Waals surface area contributed by atoms with Gasteiger partial charge in [0.15, 0.2) is 0 Å². The average molecular weight is 270 g/mol. The summed E-state index contributed by atoms with van der Waals surface area (Å²) in [4.78, 5) is 26.1. The van der Waals surface area contributed by atoms with Crippen LogP contribution < -0.4 is 5.32 Å². The molecular weight excluding hydrogens is 244 g/mol. The molecule has 0 bridgehead atoms. The van der Waals surface area contributed by atoms with Crippen molar-refractivity contribution >= 4 is 11.8 Å². The molecule has 1 N–H and O–H groups in total. The van der Waals surface area contributed by atoms with E-state index in [-0.39, 0.29) is 23.8 Å². The second-order valence-electron chi connectivity index (χ2n) is 5.30. The summed E-state index contributed by atoms with van der Waals surface area (Å²) >= 11 is 0. The van der Waals surface area contributed by atoms with Crippen molar-refractivity contribution < 1.29 is 14.3 Å². The summed E-state index contributed by atoms with van der Waals surface area (Å²) in [6, 6.07) is -0.821. The van der Waals surface area contributed by atoms with Crippen LogP contribution in [0, 0.1) is 5.92 Å². The fourth-order valence-corrected chi connectivity index (χ4v) is 2.33. The second kappa shape index (κ2) is 6.89. The second-order valence-corrected chi connectivity index (χ2v) is 5.30. The molecule has 5 heteroatoms. The lowest BCUT2D eigenvalue weighted by Crippen LogP contribution is -2.65. The van der Waals surface area contributed by atoms with E-state index in [1.807, 2.05) is 27.7 Å². The largest absolute Gasteiger partial charge is 0.377 e. The first kappa shape index (κ1) is 16.0. The first-order valence-corrected chi connectivity index (χ1v) is 7.14. The van der Waals surface area contributed by atoms with Gasteiger partial charge in [-0.2, -0.15) is 0 Å². The minimum absolute atomic E-state index is 0.00741. The van der Waals surface area contributed by atoms with Crippen molar-refractivity contribution in [1.82, 2.24) is 10.2 Å². The molecule has 1 saturated heterocycles. The predicted molar refractivity (Wildman–Crippen MR) is 73.6 cm³/mol. The first-order chi connectivity index (χ1) is 8.92. The monoisotopic (exact) mass is 270 g/mol. The molecule has 0 aromatic carbocycles. The molecule has 0 aromatic heterocycles. The zero-order valence-corrected chi connectivity index (χ0v) is 12.6. The fourth-order valence-electron chi connectivity index (χ4n) is 2.33. The van der Waals surface area contributed by atoms with Crippen molar-refractivity contribution in [2.45, 2.75) is 59.2 Å². The molecule has 5 nitrogen and oxygen atoms in total. The summed E-state index contributed by atoms with van der Waals surface area (Å²) in [5.41, 5.74) is 0. The summed E-state index contributed by atoms with van der Waals surface area (Å²) in [5, 5.41) is 2.83. The van der Waals surface area contributed by atoms with Crippen LogP contribution in [0.25, 0.3) is 0 Å². The lowest BCUT2D eigenvalue weighted by atomic mass is 9.94. The Morgan fingerprint density at radius 1 is 1.32 bits per heavy atom. The molecule has 2 amide bonds. The number of nitrogens with zero attached hydrogens (tertiary/aromatic N) is 1. The Kier molecular flexibility index (Phi) is 5.79. The van der Waals surface area contributed by atoms with Crippen LogP contribution in [-0.4, -0.2) is 48.1 Å². The quantitative estimate of drug-likeness (QED) is 0.788. The molecule has 110 valence electrons. The number of nitrogens with one attached hydrogen (secondary N) is 1. The van der Waals surface area contributed by atoms with E-state index >= 15 is 0 Å². The van der Waals surface area contributed by atoms with Crippen LogP contribution in [0.15, 0.2) is 0 Å². The molecule has 1 heterocycles. The minimum atomic E-state index is -0.421. The van der Waals surface area contributed by atoms with Crippen molar-refractivity contribution in [3.8, 4) is 0 Å². The Balaban J connectivity index is 2.81. The lowest BCUT2D eigenvalue weighted by Gasteiger charge is -2.40. The van der Waals surface area contributed by atoms with Crippen molar-refractivity contribution in [3.05, 3.63) is 0 Å². The maximum absolute atomic E-state index is 12.5. The molecule has 4 unspecified atom stereocenters. The average Bonchev–Trinajstić information content (AvgIpc) is 2.38. The topological polar surface area (TPSA) is 58.6 Å². The fraction of sp³-hybridized carbons (Fsp3) is 0.857. The number of ether oxygens (including phenoxy) is 1. The Labute approximate surface area is 115 Å². The molecule has 1 aliphatic rings. The highest BCUT2D eigenvalue weighted by molar-refractivity contribution is 5.96. The van der Waals surface area contributed by atoms with Gasteiger partial charge in [0.05, 0.1) is 6.10 Å². The summed E-state index contributed by atoms with van der Waals surface area (Å²) < 4.78 is 5.47. The number of carbonyl (C=O) groups is 2. The maximum Gasteiger partial charge on any atom is 0.246 e. The number of rotatable bonds is 6. The maximum atomic E-state index is 12.5. The SMILES string of the molecule is CCOC(C)CN1C(=O)C(C(C)CC)NC(=O)C1C. The van der Waals surface area contributed by atoms with Gasteiger partial charge in [-0.1, -0.05) is 20.3 Å². The predicted octanol–water partition coefficient (Wildman–Crippen LogP) is 1.17. The van der Waals surface area contributed by atoms with Gasteiger partial charge < -0.3 is 15.0 Å². The van der Waals surface area contributed by atoms with Gasteiger partial charge in [-0.05, 0) is 26.7 Å². The molecule has 1 rings (SSSR count). The third-order valence-electron chi connectivity index (χ3n) is 3.81. The Bertz CT molecular complexity index is 333. The van der Waals surface area contributed by atoms with Crippen LogP contribution >= 0.6 is 0 Å². The van der Waals surface area contributed by atoms with E-state index in [2.05, 4.69) is 5.32 Å². The van der Waals surface area contributed by atoms with E-state index in [0.717, 1.165) is 6.42 Å². The summed E-state index contributed by atoms with van der Waals surface area (Å²) in [5.74, 6) is 0.0791. The zero-order chi connectivity index (χ0) is 14.6. The summed E-state index contributed by atoms with van der Waals surface area (Å²) in [6.07, 6.45) is 0.805. The van der Waals surface area contributed by atoms with Gasteiger partial charge in [-0.15, -0.1) is 0 Å². The van der Waals surface area contributed by atoms with Crippen LogP contribution in [0.4, 0.5) is 0 Å². The zero-order valence-electron chi connectivity index (χ0n) is 12.6. The normalized spacial score (nSPS) is 27.1. The molecule has 0 radical (unpaired) electrons. The van der Waals surface area contributed by atoms with Crippen LogP contribution in [-0.2, 0) is 14.3 Å². The molecule has 1 aliphatic heterocycles. The third kappa shape index (κ3) is 3.69. The van der Waals surface area contributed by atoms with E-state index in [1.165, 1.54) is 0 Å². The molecule has 4 atom stereocenters. The van der Waals surface area contributed by atoms with Gasteiger partial charge in [-0.3, -0.25) is 9.59 Å². The van der Waals surface area contributed by atoms with E-state index in [4.69, 9.17) is 4.74 Å². The standard InChI is InChI=1S/C14H26N2O3/c1-6-9(3)12-14(18)16(8-10(4)19-7-2)11(5)13(17)15-12/h9-12H,6-8H2,1-5H3,(H,15,17). The minimum Gasteiger partial charge on any atom is -0.377 e. The first-order valence-electron chi connectivity index (χ1n) is 7.14. The van der Waals surface area contributed by atoms with Gasteiger partial charge in [-0.25, -0.2) is 0 Å². The smallest absolute Gasteiger partial charge is 0.246 e. The van der Waals surface area contributed by atoms with Crippen LogP contribution in [0.2, 0.25) is 0 Å². The molecular formula is C14H26N2O3. The van der Waals surface area contributed by atoms with E-state index in [1.54, 1.807) is 11.8 Å². The Morgan fingerprint density at radius 2 is 1.95 bits per heavy atom. The number of hydrogen-bond acceptors (Lipinski definition) is 3. The number of hydrogen-bond donors (Lipinski definition) is 1. The summed E-state index contributed by atoms with van der Waals surface area (Å²) in [6.45, 7) is 10.7. The van der Waals surface area contributed by atoms with Crippen LogP contribution in [0.1, 0.15) is 41.0 Å². The van der Waals surface area contributed by atoms with Crippen LogP contribution in [0.5, 0.6) is 0 Å². The van der Waals surface area contributed by atoms with Gasteiger partial charge in [0, 0.05) is 13.2 Å².